The van der Waals surface area contributed by atoms with E-state index in [4.69, 9.17) is 8.97 Å². The first-order chi connectivity index (χ1) is 10.4. The van der Waals surface area contributed by atoms with E-state index in [1.54, 1.807) is 12.1 Å². The smallest absolute Gasteiger partial charge is 0.357 e. The molecule has 0 bridgehead atoms. The molecular weight excluding hydrogens is 312 g/mol. The second-order valence-corrected chi connectivity index (χ2v) is 4.24. The van der Waals surface area contributed by atoms with Crippen LogP contribution in [-0.2, 0) is 10.3 Å². The molecule has 0 spiro atoms. The van der Waals surface area contributed by atoms with Crippen molar-refractivity contribution in [2.75, 3.05) is 25.9 Å². The summed E-state index contributed by atoms with van der Waals surface area (Å²) >= 11 is 0. The monoisotopic (exact) mass is 334 g/mol. The van der Waals surface area contributed by atoms with Gasteiger partial charge in [-0.3, -0.25) is 9.27 Å². The van der Waals surface area contributed by atoms with Crippen LogP contribution >= 0.6 is 0 Å². The first-order valence-electron chi connectivity index (χ1n) is 5.96. The molecule has 0 unspecified atom stereocenters. The summed E-state index contributed by atoms with van der Waals surface area (Å²) in [5.74, 6) is 0. The molecule has 1 aromatic carbocycles. The third kappa shape index (κ3) is 8.34. The summed E-state index contributed by atoms with van der Waals surface area (Å²) in [5.41, 5.74) is 13.3. The van der Waals surface area contributed by atoms with Gasteiger partial charge in [-0.1, -0.05) is 0 Å². The molecule has 2 rings (SSSR count). The first kappa shape index (κ1) is 22.3. The maximum absolute atomic E-state index is 10.9. The van der Waals surface area contributed by atoms with E-state index in [0.717, 1.165) is 0 Å². The molecule has 126 valence electrons. The lowest BCUT2D eigenvalue weighted by Gasteiger charge is -2.02. The Labute approximate surface area is 129 Å². The Morgan fingerprint density at radius 1 is 1.00 bits per heavy atom. The molecule has 10 heteroatoms. The van der Waals surface area contributed by atoms with Crippen LogP contribution in [-0.4, -0.2) is 34.1 Å². The van der Waals surface area contributed by atoms with E-state index in [9.17, 15) is 13.2 Å². The van der Waals surface area contributed by atoms with Gasteiger partial charge < -0.3 is 21.6 Å². The Bertz CT molecular complexity index is 700. The largest absolute Gasteiger partial charge is 0.423 e. The zero-order valence-corrected chi connectivity index (χ0v) is 13.4. The van der Waals surface area contributed by atoms with Crippen molar-refractivity contribution >= 4 is 27.0 Å². The van der Waals surface area contributed by atoms with Crippen molar-refractivity contribution in [3.8, 4) is 0 Å². The number of rotatable bonds is 2. The fourth-order valence-corrected chi connectivity index (χ4v) is 1.70. The zero-order valence-electron chi connectivity index (χ0n) is 12.6. The van der Waals surface area contributed by atoms with Gasteiger partial charge in [-0.15, -0.1) is 0 Å². The van der Waals surface area contributed by atoms with Gasteiger partial charge in [0, 0.05) is 17.5 Å². The highest BCUT2D eigenvalue weighted by molar-refractivity contribution is 7.87. The molecule has 0 amide bonds. The summed E-state index contributed by atoms with van der Waals surface area (Å²) in [5, 5.41) is 0.653. The van der Waals surface area contributed by atoms with Crippen LogP contribution in [0.2, 0.25) is 0 Å². The van der Waals surface area contributed by atoms with E-state index in [1.165, 1.54) is 39.3 Å². The van der Waals surface area contributed by atoms with E-state index in [-0.39, 0.29) is 11.3 Å². The summed E-state index contributed by atoms with van der Waals surface area (Å²) in [6.07, 6.45) is 0. The molecule has 1 aromatic heterocycles. The molecule has 0 aliphatic rings. The molecule has 0 atom stereocenters. The third-order valence-electron chi connectivity index (χ3n) is 1.87. The van der Waals surface area contributed by atoms with Crippen molar-refractivity contribution in [3.63, 3.8) is 0 Å². The molecule has 0 saturated heterocycles. The molecule has 0 fully saturated rings. The Kier molecular flexibility index (Phi) is 11.8. The van der Waals surface area contributed by atoms with Crippen LogP contribution in [0.5, 0.6) is 0 Å². The average Bonchev–Trinajstić information content (AvgIpc) is 2.51. The highest BCUT2D eigenvalue weighted by Crippen LogP contribution is 2.17. The second-order valence-electron chi connectivity index (χ2n) is 3.08. The number of nitrogens with one attached hydrogen (secondary N) is 1. The Balaban J connectivity index is 0. The standard InChI is InChI=1S/C9H7NO5S.3CH5N/c11-9-4-2-6-1-3-7(5-8(6)15-9)10-16(12,13)14;3*1-2/h1-5,10H,(H,12,13,14);3*2H2,1H3. The number of hydrogen-bond donors (Lipinski definition) is 5. The molecule has 8 N–H and O–H groups in total. The Morgan fingerprint density at radius 3 is 2.00 bits per heavy atom. The van der Waals surface area contributed by atoms with Gasteiger partial charge in [0.15, 0.2) is 0 Å². The third-order valence-corrected chi connectivity index (χ3v) is 2.36. The van der Waals surface area contributed by atoms with E-state index >= 15 is 0 Å². The maximum Gasteiger partial charge on any atom is 0.357 e. The lowest BCUT2D eigenvalue weighted by molar-refractivity contribution is 0.489. The van der Waals surface area contributed by atoms with Crippen molar-refractivity contribution in [2.45, 2.75) is 0 Å². The van der Waals surface area contributed by atoms with E-state index in [0.29, 0.717) is 5.39 Å². The molecule has 1 heterocycles. The van der Waals surface area contributed by atoms with E-state index in [1.807, 2.05) is 4.72 Å². The quantitative estimate of drug-likeness (QED) is 0.368. The zero-order chi connectivity index (χ0) is 17.8. The number of fused-ring (bicyclic) bond motifs is 1. The molecule has 9 nitrogen and oxygen atoms in total. The molecule has 0 saturated carbocycles. The Morgan fingerprint density at radius 2 is 1.50 bits per heavy atom. The second kappa shape index (κ2) is 11.7. The van der Waals surface area contributed by atoms with Crippen molar-refractivity contribution in [1.29, 1.82) is 0 Å². The van der Waals surface area contributed by atoms with Crippen LogP contribution in [0.1, 0.15) is 0 Å². The predicted molar refractivity (Wildman–Crippen MR) is 88.0 cm³/mol. The highest BCUT2D eigenvalue weighted by atomic mass is 32.2. The SMILES string of the molecule is CN.CN.CN.O=c1ccc2ccc(NS(=O)(=O)O)cc2o1. The fourth-order valence-electron chi connectivity index (χ4n) is 1.27. The van der Waals surface area contributed by atoms with Gasteiger partial charge in [0.1, 0.15) is 5.58 Å². The molecular formula is C12H22N4O5S. The topological polar surface area (TPSA) is 175 Å². The minimum absolute atomic E-state index is 0.115. The first-order valence-corrected chi connectivity index (χ1v) is 7.40. The normalized spacial score (nSPS) is 9.23. The van der Waals surface area contributed by atoms with Gasteiger partial charge in [-0.25, -0.2) is 4.79 Å². The van der Waals surface area contributed by atoms with Gasteiger partial charge in [-0.05, 0) is 39.3 Å². The number of nitrogens with two attached hydrogens (primary N) is 3. The predicted octanol–water partition coefficient (Wildman–Crippen LogP) is -0.268. The summed E-state index contributed by atoms with van der Waals surface area (Å²) in [6, 6.07) is 7.13. The summed E-state index contributed by atoms with van der Waals surface area (Å²) in [6.45, 7) is 0. The van der Waals surface area contributed by atoms with Crippen LogP contribution in [0.15, 0.2) is 39.5 Å². The van der Waals surface area contributed by atoms with Gasteiger partial charge in [0.05, 0.1) is 5.69 Å². The van der Waals surface area contributed by atoms with Crippen LogP contribution in [0.4, 0.5) is 5.69 Å². The van der Waals surface area contributed by atoms with Crippen LogP contribution in [0.25, 0.3) is 11.0 Å². The van der Waals surface area contributed by atoms with E-state index < -0.39 is 15.9 Å². The van der Waals surface area contributed by atoms with Crippen molar-refractivity contribution < 1.29 is 17.4 Å². The highest BCUT2D eigenvalue weighted by Gasteiger charge is 2.05. The van der Waals surface area contributed by atoms with E-state index in [2.05, 4.69) is 17.2 Å². The minimum atomic E-state index is -4.33. The van der Waals surface area contributed by atoms with Crippen molar-refractivity contribution in [3.05, 3.63) is 40.8 Å². The number of anilines is 1. The summed E-state index contributed by atoms with van der Waals surface area (Å²) in [4.78, 5) is 10.9. The van der Waals surface area contributed by atoms with Gasteiger partial charge >= 0.3 is 15.9 Å². The van der Waals surface area contributed by atoms with Gasteiger partial charge in [0.2, 0.25) is 0 Å². The fraction of sp³-hybridized carbons (Fsp3) is 0.250. The maximum atomic E-state index is 10.9. The molecule has 2 aromatic rings. The molecule has 0 aliphatic carbocycles. The van der Waals surface area contributed by atoms with Gasteiger partial charge in [-0.2, -0.15) is 8.42 Å². The molecule has 0 aliphatic heterocycles. The van der Waals surface area contributed by atoms with Gasteiger partial charge in [0.25, 0.3) is 0 Å². The van der Waals surface area contributed by atoms with Crippen molar-refractivity contribution in [1.82, 2.24) is 0 Å². The van der Waals surface area contributed by atoms with Crippen LogP contribution in [0, 0.1) is 0 Å². The van der Waals surface area contributed by atoms with Crippen LogP contribution in [0.3, 0.4) is 0 Å². The Hall–Kier alpha value is -1.98. The summed E-state index contributed by atoms with van der Waals surface area (Å²) in [7, 11) is 0.174. The summed E-state index contributed by atoms with van der Waals surface area (Å²) < 4.78 is 36.4. The minimum Gasteiger partial charge on any atom is -0.423 e. The lowest BCUT2D eigenvalue weighted by atomic mass is 10.2. The number of hydrogen-bond acceptors (Lipinski definition) is 7. The average molecular weight is 334 g/mol. The van der Waals surface area contributed by atoms with Crippen molar-refractivity contribution in [2.24, 2.45) is 17.2 Å². The number of benzene rings is 1. The molecule has 22 heavy (non-hydrogen) atoms. The molecule has 0 radical (unpaired) electrons. The lowest BCUT2D eigenvalue weighted by Crippen LogP contribution is -2.10. The van der Waals surface area contributed by atoms with Crippen LogP contribution < -0.4 is 27.5 Å².